The maximum atomic E-state index is 13.5. The number of aromatic nitrogens is 2. The Kier molecular flexibility index (Phi) is 11.8. The Labute approximate surface area is 287 Å². The molecule has 0 saturated carbocycles. The number of imide groups is 1. The van der Waals surface area contributed by atoms with Crippen LogP contribution in [0.15, 0.2) is 85.2 Å². The number of amides is 2. The average molecular weight is 686 g/mol. The highest BCUT2D eigenvalue weighted by Gasteiger charge is 2.40. The Bertz CT molecular complexity index is 1710. The predicted octanol–water partition coefficient (Wildman–Crippen LogP) is 5.20. The van der Waals surface area contributed by atoms with E-state index in [9.17, 15) is 9.59 Å². The molecule has 5 rings (SSSR count). The number of nitrogens with zero attached hydrogens (tertiary/aromatic N) is 4. The van der Waals surface area contributed by atoms with Gasteiger partial charge in [0.2, 0.25) is 5.91 Å². The van der Waals surface area contributed by atoms with Crippen molar-refractivity contribution in [2.45, 2.75) is 38.0 Å². The third-order valence-electron chi connectivity index (χ3n) is 8.42. The molecule has 0 radical (unpaired) electrons. The fourth-order valence-electron chi connectivity index (χ4n) is 5.91. The van der Waals surface area contributed by atoms with Gasteiger partial charge >= 0.3 is 0 Å². The number of fused-ring (bicyclic) bond motifs is 1. The van der Waals surface area contributed by atoms with E-state index in [0.717, 1.165) is 21.6 Å². The molecule has 3 atom stereocenters. The van der Waals surface area contributed by atoms with Crippen LogP contribution in [-0.2, 0) is 37.1 Å². The predicted molar refractivity (Wildman–Crippen MR) is 183 cm³/mol. The van der Waals surface area contributed by atoms with Crippen LogP contribution in [0.2, 0.25) is 0 Å². The smallest absolute Gasteiger partial charge is 0.278 e. The fraction of sp³-hybridized carbons (Fsp3) is 0.333. The minimum atomic E-state index is -1.93. The normalized spacial score (nSPS) is 16.0. The molecule has 3 unspecified atom stereocenters. The van der Waals surface area contributed by atoms with E-state index in [-0.39, 0.29) is 32.1 Å². The molecular formula is C36H40N5O7P. The van der Waals surface area contributed by atoms with Crippen LogP contribution in [0.3, 0.4) is 0 Å². The number of nitrogens with two attached hydrogens (primary N) is 1. The zero-order valence-electron chi connectivity index (χ0n) is 27.9. The van der Waals surface area contributed by atoms with Crippen LogP contribution >= 0.6 is 8.53 Å². The van der Waals surface area contributed by atoms with E-state index in [1.165, 1.54) is 7.05 Å². The molecule has 1 aliphatic heterocycles. The van der Waals surface area contributed by atoms with E-state index < -0.39 is 32.1 Å². The first-order valence-corrected chi connectivity index (χ1v) is 17.0. The summed E-state index contributed by atoms with van der Waals surface area (Å²) < 4.78 is 31.6. The summed E-state index contributed by atoms with van der Waals surface area (Å²) in [5.74, 6) is 0.256. The van der Waals surface area contributed by atoms with Crippen molar-refractivity contribution in [3.8, 4) is 17.6 Å². The van der Waals surface area contributed by atoms with Crippen LogP contribution in [0.5, 0.6) is 11.5 Å². The van der Waals surface area contributed by atoms with Gasteiger partial charge in [-0.1, -0.05) is 61.5 Å². The third kappa shape index (κ3) is 7.83. The number of carbonyl (C=O) groups is 2. The Morgan fingerprint density at radius 3 is 2.14 bits per heavy atom. The first-order valence-electron chi connectivity index (χ1n) is 15.8. The van der Waals surface area contributed by atoms with Crippen molar-refractivity contribution in [1.82, 2.24) is 14.5 Å². The second-order valence-electron chi connectivity index (χ2n) is 11.6. The van der Waals surface area contributed by atoms with E-state index in [0.29, 0.717) is 29.3 Å². The monoisotopic (exact) mass is 685 g/mol. The Hall–Kier alpha value is -4.63. The number of ether oxygens (including phenoxy) is 3. The van der Waals surface area contributed by atoms with Gasteiger partial charge < -0.3 is 27.8 Å². The summed E-state index contributed by atoms with van der Waals surface area (Å²) in [6.45, 7) is 1.97. The van der Waals surface area contributed by atoms with Crippen LogP contribution in [-0.4, -0.2) is 66.9 Å². The van der Waals surface area contributed by atoms with Crippen molar-refractivity contribution >= 4 is 20.3 Å². The highest BCUT2D eigenvalue weighted by Crippen LogP contribution is 2.42. The maximum absolute atomic E-state index is 13.5. The largest absolute Gasteiger partial charge is 0.497 e. The zero-order valence-corrected chi connectivity index (χ0v) is 28.8. The van der Waals surface area contributed by atoms with Gasteiger partial charge in [0.1, 0.15) is 28.9 Å². The molecule has 4 aromatic rings. The molecule has 13 heteroatoms. The number of methoxy groups -OCH3 is 2. The van der Waals surface area contributed by atoms with Gasteiger partial charge in [-0.3, -0.25) is 20.0 Å². The van der Waals surface area contributed by atoms with E-state index in [4.69, 9.17) is 34.0 Å². The number of rotatable bonds is 15. The van der Waals surface area contributed by atoms with Crippen LogP contribution in [0.4, 0.5) is 0 Å². The molecule has 0 bridgehead atoms. The number of hydrogen-bond donors (Lipinski definition) is 1. The number of imidazole rings is 1. The molecule has 12 nitrogen and oxygen atoms in total. The number of hydrogen-bond acceptors (Lipinski definition) is 10. The van der Waals surface area contributed by atoms with Gasteiger partial charge in [-0.05, 0) is 41.0 Å². The quantitative estimate of drug-likeness (QED) is 0.0765. The molecule has 0 saturated heterocycles. The molecule has 1 aromatic heterocycles. The summed E-state index contributed by atoms with van der Waals surface area (Å²) >= 11 is 0. The lowest BCUT2D eigenvalue weighted by molar-refractivity contribution is -0.130. The highest BCUT2D eigenvalue weighted by molar-refractivity contribution is 7.44. The van der Waals surface area contributed by atoms with Gasteiger partial charge in [0.05, 0.1) is 58.5 Å². The second kappa shape index (κ2) is 16.2. The number of carbonyl (C=O) groups excluding carboxylic acids is 2. The summed E-state index contributed by atoms with van der Waals surface area (Å²) in [7, 11) is 2.77. The van der Waals surface area contributed by atoms with Crippen molar-refractivity contribution in [3.05, 3.63) is 113 Å². The van der Waals surface area contributed by atoms with Crippen molar-refractivity contribution in [3.63, 3.8) is 0 Å². The minimum Gasteiger partial charge on any atom is -0.497 e. The topological polar surface area (TPSA) is 151 Å². The van der Waals surface area contributed by atoms with Crippen molar-refractivity contribution in [2.24, 2.45) is 11.4 Å². The van der Waals surface area contributed by atoms with Crippen LogP contribution in [0.25, 0.3) is 0 Å². The Balaban J connectivity index is 1.57. The average Bonchev–Trinajstić information content (AvgIpc) is 3.49. The molecule has 1 aliphatic rings. The van der Waals surface area contributed by atoms with Gasteiger partial charge in [-0.15, -0.1) is 0 Å². The standard InChI is InChI=1S/C36H40N5O7P/c1-25-21-32-33(35(43)40(2)34(25)42)41(24-39-32)22-31(48-49(38)47-20-8-19-37)23-46-36(26-9-6-5-7-10-26,27-11-15-29(44-3)16-12-27)28-13-17-30(45-4)18-14-28/h5-7,9-18,24-25,31H,8,20-23,38H2,1-4H3. The van der Waals surface area contributed by atoms with Gasteiger partial charge in [0.25, 0.3) is 14.4 Å². The van der Waals surface area contributed by atoms with Crippen molar-refractivity contribution < 1.29 is 32.8 Å². The lowest BCUT2D eigenvalue weighted by Gasteiger charge is -2.37. The fourth-order valence-corrected chi connectivity index (χ4v) is 6.67. The molecule has 0 fully saturated rings. The lowest BCUT2D eigenvalue weighted by atomic mass is 9.80. The van der Waals surface area contributed by atoms with Gasteiger partial charge in [0, 0.05) is 19.4 Å². The molecule has 49 heavy (non-hydrogen) atoms. The summed E-state index contributed by atoms with van der Waals surface area (Å²) in [4.78, 5) is 31.9. The van der Waals surface area contributed by atoms with Crippen LogP contribution in [0.1, 0.15) is 46.2 Å². The Morgan fingerprint density at radius 2 is 1.57 bits per heavy atom. The number of benzene rings is 3. The van der Waals surface area contributed by atoms with Crippen LogP contribution in [0, 0.1) is 17.2 Å². The van der Waals surface area contributed by atoms with Crippen molar-refractivity contribution in [1.29, 1.82) is 5.26 Å². The summed E-state index contributed by atoms with van der Waals surface area (Å²) in [5, 5.41) is 9.01. The summed E-state index contributed by atoms with van der Waals surface area (Å²) in [6, 6.07) is 27.2. The molecule has 256 valence electrons. The minimum absolute atomic E-state index is 0.0170. The molecule has 0 aliphatic carbocycles. The van der Waals surface area contributed by atoms with E-state index >= 15 is 0 Å². The maximum Gasteiger partial charge on any atom is 0.278 e. The first kappa shape index (κ1) is 35.7. The number of nitriles is 1. The molecular weight excluding hydrogens is 645 g/mol. The first-order chi connectivity index (χ1) is 23.7. The van der Waals surface area contributed by atoms with E-state index in [2.05, 4.69) is 4.98 Å². The molecule has 2 heterocycles. The van der Waals surface area contributed by atoms with Crippen molar-refractivity contribution in [2.75, 3.05) is 34.5 Å². The van der Waals surface area contributed by atoms with Gasteiger partial charge in [0.15, 0.2) is 0 Å². The lowest BCUT2D eigenvalue weighted by Crippen LogP contribution is -2.38. The SMILES string of the molecule is COc1ccc(C(OCC(Cn2cnc3c2C(=O)N(C)C(=O)C(C)C3)OP(N)OCCC#N)(c2ccccc2)c2ccc(OC)cc2)cc1. The Morgan fingerprint density at radius 1 is 0.980 bits per heavy atom. The molecule has 0 spiro atoms. The highest BCUT2D eigenvalue weighted by atomic mass is 31.2. The van der Waals surface area contributed by atoms with Gasteiger partial charge in [-0.2, -0.15) is 5.26 Å². The van der Waals surface area contributed by atoms with E-state index in [1.54, 1.807) is 32.0 Å². The molecule has 3 aromatic carbocycles. The van der Waals surface area contributed by atoms with Crippen LogP contribution < -0.4 is 15.0 Å². The third-order valence-corrected chi connectivity index (χ3v) is 9.36. The van der Waals surface area contributed by atoms with E-state index in [1.807, 2.05) is 84.9 Å². The zero-order chi connectivity index (χ0) is 35.0. The molecule has 2 amide bonds. The summed E-state index contributed by atoms with van der Waals surface area (Å²) in [6.07, 6.45) is 1.29. The second-order valence-corrected chi connectivity index (χ2v) is 12.6. The molecule has 2 N–H and O–H groups in total. The van der Waals surface area contributed by atoms with Gasteiger partial charge in [-0.25, -0.2) is 4.98 Å². The summed E-state index contributed by atoms with van der Waals surface area (Å²) in [5.41, 5.74) is 8.50.